The number of nitriles is 1. The average Bonchev–Trinajstić information content (AvgIpc) is 2.61. The lowest BCUT2D eigenvalue weighted by molar-refractivity contribution is 0.593. The smallest absolute Gasteiger partial charge is 0.230 e. The molecular weight excluding hydrogens is 178 g/mol. The number of rotatable bonds is 1. The molecule has 0 aliphatic carbocycles. The van der Waals surface area contributed by atoms with Crippen LogP contribution >= 0.6 is 0 Å². The fourth-order valence-corrected chi connectivity index (χ4v) is 1.12. The van der Waals surface area contributed by atoms with Crippen molar-refractivity contribution in [2.24, 2.45) is 0 Å². The lowest BCUT2D eigenvalue weighted by atomic mass is 10.2. The van der Waals surface area contributed by atoms with E-state index >= 15 is 0 Å². The fraction of sp³-hybridized carbons (Fsp3) is 0. The maximum atomic E-state index is 8.63. The molecule has 1 heterocycles. The summed E-state index contributed by atoms with van der Waals surface area (Å²) in [5.41, 5.74) is 6.37. The summed E-state index contributed by atoms with van der Waals surface area (Å²) in [7, 11) is 0. The standard InChI is InChI=1S/C10H7N3O/c11-6-8-9(12)14-10(13-8)7-4-2-1-3-5-7/h1-5H,12H2. The van der Waals surface area contributed by atoms with Crippen molar-refractivity contribution < 1.29 is 4.42 Å². The van der Waals surface area contributed by atoms with Gasteiger partial charge in [-0.05, 0) is 12.1 Å². The topological polar surface area (TPSA) is 75.8 Å². The van der Waals surface area contributed by atoms with Gasteiger partial charge in [0, 0.05) is 5.56 Å². The first-order valence-electron chi connectivity index (χ1n) is 4.03. The summed E-state index contributed by atoms with van der Waals surface area (Å²) in [4.78, 5) is 3.95. The number of nitrogen functional groups attached to an aromatic ring is 1. The first-order valence-corrected chi connectivity index (χ1v) is 4.03. The molecular formula is C10H7N3O. The van der Waals surface area contributed by atoms with Crippen molar-refractivity contribution in [2.45, 2.75) is 0 Å². The highest BCUT2D eigenvalue weighted by atomic mass is 16.4. The third-order valence-corrected chi connectivity index (χ3v) is 1.78. The van der Waals surface area contributed by atoms with E-state index in [0.717, 1.165) is 5.56 Å². The average molecular weight is 185 g/mol. The van der Waals surface area contributed by atoms with Crippen molar-refractivity contribution >= 4 is 5.88 Å². The molecule has 0 saturated heterocycles. The SMILES string of the molecule is N#Cc1nc(-c2ccccc2)oc1N. The third-order valence-electron chi connectivity index (χ3n) is 1.78. The van der Waals surface area contributed by atoms with Crippen molar-refractivity contribution in [2.75, 3.05) is 5.73 Å². The summed E-state index contributed by atoms with van der Waals surface area (Å²) in [6.45, 7) is 0. The molecule has 0 aliphatic rings. The number of nitrogens with zero attached hydrogens (tertiary/aromatic N) is 2. The van der Waals surface area contributed by atoms with E-state index in [9.17, 15) is 0 Å². The number of hydrogen-bond donors (Lipinski definition) is 1. The molecule has 1 aromatic carbocycles. The molecule has 0 radical (unpaired) electrons. The number of aromatic nitrogens is 1. The molecule has 0 aliphatic heterocycles. The molecule has 0 spiro atoms. The van der Waals surface area contributed by atoms with Gasteiger partial charge in [-0.2, -0.15) is 10.2 Å². The van der Waals surface area contributed by atoms with E-state index in [4.69, 9.17) is 15.4 Å². The van der Waals surface area contributed by atoms with Gasteiger partial charge in [0.15, 0.2) is 0 Å². The number of nitrogens with two attached hydrogens (primary N) is 1. The summed E-state index contributed by atoms with van der Waals surface area (Å²) in [5.74, 6) is 0.436. The van der Waals surface area contributed by atoms with Crippen LogP contribution < -0.4 is 5.73 Å². The molecule has 14 heavy (non-hydrogen) atoms. The van der Waals surface area contributed by atoms with Gasteiger partial charge in [-0.15, -0.1) is 0 Å². The zero-order valence-electron chi connectivity index (χ0n) is 7.27. The highest BCUT2D eigenvalue weighted by Gasteiger charge is 2.10. The summed E-state index contributed by atoms with van der Waals surface area (Å²) >= 11 is 0. The van der Waals surface area contributed by atoms with Crippen LogP contribution in [0.3, 0.4) is 0 Å². The van der Waals surface area contributed by atoms with E-state index < -0.39 is 0 Å². The number of benzene rings is 1. The summed E-state index contributed by atoms with van der Waals surface area (Å²) in [6.07, 6.45) is 0. The lowest BCUT2D eigenvalue weighted by Gasteiger charge is -1.91. The number of oxazole rings is 1. The van der Waals surface area contributed by atoms with Gasteiger partial charge in [0.1, 0.15) is 6.07 Å². The number of hydrogen-bond acceptors (Lipinski definition) is 4. The predicted molar refractivity (Wildman–Crippen MR) is 51.1 cm³/mol. The largest absolute Gasteiger partial charge is 0.419 e. The molecule has 0 atom stereocenters. The third kappa shape index (κ3) is 1.31. The lowest BCUT2D eigenvalue weighted by Crippen LogP contribution is -1.84. The molecule has 4 heteroatoms. The maximum Gasteiger partial charge on any atom is 0.230 e. The molecule has 68 valence electrons. The van der Waals surface area contributed by atoms with Crippen LogP contribution in [0.25, 0.3) is 11.5 Å². The van der Waals surface area contributed by atoms with Crippen LogP contribution in [0, 0.1) is 11.3 Å². The van der Waals surface area contributed by atoms with E-state index in [0.29, 0.717) is 5.89 Å². The normalized spacial score (nSPS) is 9.64. The first-order chi connectivity index (χ1) is 6.81. The van der Waals surface area contributed by atoms with E-state index in [2.05, 4.69) is 4.98 Å². The minimum absolute atomic E-state index is 0.0614. The Balaban J connectivity index is 2.50. The van der Waals surface area contributed by atoms with E-state index in [-0.39, 0.29) is 11.6 Å². The molecule has 2 rings (SSSR count). The van der Waals surface area contributed by atoms with Crippen molar-refractivity contribution in [1.29, 1.82) is 5.26 Å². The van der Waals surface area contributed by atoms with Crippen molar-refractivity contribution in [3.05, 3.63) is 36.0 Å². The molecule has 0 amide bonds. The second kappa shape index (κ2) is 3.23. The van der Waals surface area contributed by atoms with Crippen molar-refractivity contribution in [3.8, 4) is 17.5 Å². The molecule has 0 fully saturated rings. The van der Waals surface area contributed by atoms with Gasteiger partial charge in [0.05, 0.1) is 0 Å². The van der Waals surface area contributed by atoms with E-state index in [1.54, 1.807) is 0 Å². The van der Waals surface area contributed by atoms with Crippen LogP contribution in [0.4, 0.5) is 5.88 Å². The van der Waals surface area contributed by atoms with E-state index in [1.807, 2.05) is 36.4 Å². The van der Waals surface area contributed by atoms with E-state index in [1.165, 1.54) is 0 Å². The number of anilines is 1. The van der Waals surface area contributed by atoms with Crippen LogP contribution in [0.1, 0.15) is 5.69 Å². The minimum atomic E-state index is 0.0614. The summed E-state index contributed by atoms with van der Waals surface area (Å²) in [5, 5.41) is 8.63. The molecule has 4 nitrogen and oxygen atoms in total. The molecule has 0 saturated carbocycles. The molecule has 1 aromatic heterocycles. The Hall–Kier alpha value is -2.28. The van der Waals surface area contributed by atoms with Gasteiger partial charge in [-0.1, -0.05) is 18.2 Å². The Bertz CT molecular complexity index is 482. The summed E-state index contributed by atoms with van der Waals surface area (Å²) in [6, 6.07) is 11.2. The van der Waals surface area contributed by atoms with Gasteiger partial charge in [-0.3, -0.25) is 0 Å². The fourth-order valence-electron chi connectivity index (χ4n) is 1.12. The van der Waals surface area contributed by atoms with Gasteiger partial charge in [-0.25, -0.2) is 0 Å². The maximum absolute atomic E-state index is 8.63. The van der Waals surface area contributed by atoms with Crippen LogP contribution in [0.5, 0.6) is 0 Å². The molecule has 0 unspecified atom stereocenters. The molecule has 2 N–H and O–H groups in total. The van der Waals surface area contributed by atoms with Gasteiger partial charge < -0.3 is 10.2 Å². The minimum Gasteiger partial charge on any atom is -0.419 e. The highest BCUT2D eigenvalue weighted by Crippen LogP contribution is 2.22. The van der Waals surface area contributed by atoms with Gasteiger partial charge >= 0.3 is 0 Å². The Morgan fingerprint density at radius 1 is 1.29 bits per heavy atom. The van der Waals surface area contributed by atoms with Crippen molar-refractivity contribution in [3.63, 3.8) is 0 Å². The Morgan fingerprint density at radius 2 is 2.00 bits per heavy atom. The Morgan fingerprint density at radius 3 is 2.57 bits per heavy atom. The van der Waals surface area contributed by atoms with Crippen molar-refractivity contribution in [1.82, 2.24) is 4.98 Å². The zero-order valence-corrected chi connectivity index (χ0v) is 7.27. The Labute approximate surface area is 80.6 Å². The molecule has 2 aromatic rings. The predicted octanol–water partition coefficient (Wildman–Crippen LogP) is 1.80. The van der Waals surface area contributed by atoms with Crippen LogP contribution in [0.15, 0.2) is 34.7 Å². The second-order valence-electron chi connectivity index (χ2n) is 2.71. The quantitative estimate of drug-likeness (QED) is 0.734. The monoisotopic (exact) mass is 185 g/mol. The molecule has 0 bridgehead atoms. The van der Waals surface area contributed by atoms with Gasteiger partial charge in [0.2, 0.25) is 17.5 Å². The highest BCUT2D eigenvalue weighted by molar-refractivity contribution is 5.57. The van der Waals surface area contributed by atoms with Crippen LogP contribution in [0.2, 0.25) is 0 Å². The Kier molecular flexibility index (Phi) is 1.92. The zero-order chi connectivity index (χ0) is 9.97. The first kappa shape index (κ1) is 8.32. The second-order valence-corrected chi connectivity index (χ2v) is 2.71. The van der Waals surface area contributed by atoms with Crippen LogP contribution in [-0.2, 0) is 0 Å². The van der Waals surface area contributed by atoms with Crippen LogP contribution in [-0.4, -0.2) is 4.98 Å². The summed E-state index contributed by atoms with van der Waals surface area (Å²) < 4.78 is 5.14. The van der Waals surface area contributed by atoms with Gasteiger partial charge in [0.25, 0.3) is 0 Å².